The van der Waals surface area contributed by atoms with Crippen LogP contribution in [0.5, 0.6) is 0 Å². The maximum Gasteiger partial charge on any atom is 0.342 e. The predicted octanol–water partition coefficient (Wildman–Crippen LogP) is 1.53. The van der Waals surface area contributed by atoms with E-state index in [1.54, 1.807) is 19.1 Å². The maximum absolute atomic E-state index is 12.7. The molecule has 0 amide bonds. The van der Waals surface area contributed by atoms with Crippen molar-refractivity contribution < 1.29 is 18.7 Å². The van der Waals surface area contributed by atoms with E-state index >= 15 is 0 Å². The van der Waals surface area contributed by atoms with E-state index in [0.29, 0.717) is 16.7 Å². The van der Waals surface area contributed by atoms with Crippen LogP contribution in [0.3, 0.4) is 0 Å². The lowest BCUT2D eigenvalue weighted by Gasteiger charge is -2.14. The van der Waals surface area contributed by atoms with Gasteiger partial charge in [0, 0.05) is 5.56 Å². The molecule has 2 N–H and O–H groups in total. The Bertz CT molecular complexity index is 1340. The Morgan fingerprint density at radius 2 is 2.21 bits per heavy atom. The largest absolute Gasteiger partial charge is 0.464 e. The molecule has 0 fully saturated rings. The summed E-state index contributed by atoms with van der Waals surface area (Å²) in [7, 11) is 0. The number of nitrogens with one attached hydrogen (secondary N) is 2. The molecular formula is C16H11N7O5. The smallest absolute Gasteiger partial charge is 0.342 e. The molecule has 0 bridgehead atoms. The average Bonchev–Trinajstić information content (AvgIpc) is 3.40. The minimum absolute atomic E-state index is 0.0990. The average molecular weight is 381 g/mol. The highest BCUT2D eigenvalue weighted by Crippen LogP contribution is 2.39. The summed E-state index contributed by atoms with van der Waals surface area (Å²) in [5, 5.41) is 17.4. The van der Waals surface area contributed by atoms with Crippen molar-refractivity contribution in [2.24, 2.45) is 10.2 Å². The lowest BCUT2D eigenvalue weighted by Crippen LogP contribution is -2.36. The van der Waals surface area contributed by atoms with Crippen molar-refractivity contribution in [3.05, 3.63) is 28.7 Å². The van der Waals surface area contributed by atoms with Crippen LogP contribution in [-0.4, -0.2) is 49.5 Å². The third-order valence-corrected chi connectivity index (χ3v) is 4.32. The molecule has 0 aromatic carbocycles. The number of azo groups is 1. The molecule has 0 saturated heterocycles. The zero-order valence-electron chi connectivity index (χ0n) is 14.3. The highest BCUT2D eigenvalue weighted by molar-refractivity contribution is 6.13. The fourth-order valence-electron chi connectivity index (χ4n) is 3.17. The number of nitrogens with zero attached hydrogens (tertiary/aromatic N) is 5. The molecule has 0 spiro atoms. The molecule has 5 rings (SSSR count). The number of rotatable bonds is 3. The first-order chi connectivity index (χ1) is 13.6. The van der Waals surface area contributed by atoms with Crippen LogP contribution in [0.4, 0.5) is 5.82 Å². The van der Waals surface area contributed by atoms with Gasteiger partial charge in [-0.2, -0.15) is 14.9 Å². The Morgan fingerprint density at radius 3 is 2.96 bits per heavy atom. The molecule has 4 aromatic rings. The van der Waals surface area contributed by atoms with Crippen LogP contribution < -0.4 is 5.56 Å². The number of furan rings is 1. The zero-order valence-corrected chi connectivity index (χ0v) is 14.3. The van der Waals surface area contributed by atoms with Crippen LogP contribution >= 0.6 is 0 Å². The summed E-state index contributed by atoms with van der Waals surface area (Å²) in [6, 6.07) is 1.90. The van der Waals surface area contributed by atoms with Crippen molar-refractivity contribution in [2.45, 2.75) is 13.0 Å². The van der Waals surface area contributed by atoms with Gasteiger partial charge in [0.2, 0.25) is 6.04 Å². The zero-order chi connectivity index (χ0) is 19.4. The molecule has 4 aromatic heterocycles. The molecule has 0 radical (unpaired) electrons. The number of fused-ring (bicyclic) bond motifs is 4. The van der Waals surface area contributed by atoms with Crippen molar-refractivity contribution >= 4 is 39.8 Å². The number of aromatic amines is 2. The van der Waals surface area contributed by atoms with Crippen LogP contribution in [0.2, 0.25) is 0 Å². The number of hydrogen-bond acceptors (Lipinski definition) is 9. The van der Waals surface area contributed by atoms with Gasteiger partial charge in [-0.05, 0) is 19.1 Å². The standard InChI is InChI=1S/C16H11N7O5/c1-2-27-16(26)10-15(25)23-13(20-18-10)8-7(6-4-3-5-28-6)9-11(17-12(8)22-23)19-21-14(9)24/h3-5,10H,2H2,1H3,(H,21,24)(H,17,19,22). The summed E-state index contributed by atoms with van der Waals surface area (Å²) in [6.07, 6.45) is 1.45. The van der Waals surface area contributed by atoms with Crippen molar-refractivity contribution in [3.8, 4) is 11.3 Å². The highest BCUT2D eigenvalue weighted by Gasteiger charge is 2.36. The second-order valence-electron chi connectivity index (χ2n) is 5.92. The van der Waals surface area contributed by atoms with E-state index in [-0.39, 0.29) is 29.1 Å². The molecule has 1 atom stereocenters. The lowest BCUT2D eigenvalue weighted by molar-refractivity contribution is -0.143. The quantitative estimate of drug-likeness (QED) is 0.402. The molecule has 12 heteroatoms. The highest BCUT2D eigenvalue weighted by atomic mass is 16.5. The Balaban J connectivity index is 1.83. The summed E-state index contributed by atoms with van der Waals surface area (Å²) >= 11 is 0. The molecule has 1 aliphatic heterocycles. The van der Waals surface area contributed by atoms with Crippen molar-refractivity contribution in [1.29, 1.82) is 0 Å². The van der Waals surface area contributed by atoms with Crippen molar-refractivity contribution in [2.75, 3.05) is 6.61 Å². The number of hydrogen-bond donors (Lipinski definition) is 2. The van der Waals surface area contributed by atoms with E-state index in [1.807, 2.05) is 0 Å². The fourth-order valence-corrected chi connectivity index (χ4v) is 3.17. The molecule has 0 saturated carbocycles. The summed E-state index contributed by atoms with van der Waals surface area (Å²) in [5.41, 5.74) is 0.293. The van der Waals surface area contributed by atoms with Crippen molar-refractivity contribution in [3.63, 3.8) is 0 Å². The van der Waals surface area contributed by atoms with E-state index in [0.717, 1.165) is 4.68 Å². The SMILES string of the molecule is CCOC(=O)C1N=Nc2c3c(-c4ccco4)c4c(=O)[nH]nc4nc3[nH]n2C1=O. The molecule has 1 aliphatic rings. The van der Waals surface area contributed by atoms with E-state index < -0.39 is 23.5 Å². The van der Waals surface area contributed by atoms with E-state index in [2.05, 4.69) is 30.5 Å². The second-order valence-corrected chi connectivity index (χ2v) is 5.92. The van der Waals surface area contributed by atoms with Gasteiger partial charge in [0.25, 0.3) is 11.5 Å². The first-order valence-corrected chi connectivity index (χ1v) is 8.28. The minimum atomic E-state index is -1.42. The van der Waals surface area contributed by atoms with Gasteiger partial charge in [-0.1, -0.05) is 0 Å². The van der Waals surface area contributed by atoms with Gasteiger partial charge < -0.3 is 9.15 Å². The third kappa shape index (κ3) is 2.08. The summed E-state index contributed by atoms with van der Waals surface area (Å²) in [4.78, 5) is 41.3. The molecule has 28 heavy (non-hydrogen) atoms. The summed E-state index contributed by atoms with van der Waals surface area (Å²) < 4.78 is 11.4. The molecular weight excluding hydrogens is 370 g/mol. The Kier molecular flexibility index (Phi) is 3.28. The van der Waals surface area contributed by atoms with E-state index in [1.165, 1.54) is 6.26 Å². The van der Waals surface area contributed by atoms with Crippen LogP contribution in [-0.2, 0) is 9.53 Å². The van der Waals surface area contributed by atoms with Gasteiger partial charge in [0.15, 0.2) is 17.1 Å². The summed E-state index contributed by atoms with van der Waals surface area (Å²) in [6.45, 7) is 1.73. The van der Waals surface area contributed by atoms with E-state index in [9.17, 15) is 14.4 Å². The molecule has 0 aliphatic carbocycles. The monoisotopic (exact) mass is 381 g/mol. The number of esters is 1. The number of H-pyrrole nitrogens is 2. The molecule has 5 heterocycles. The van der Waals surface area contributed by atoms with Crippen LogP contribution in [0.1, 0.15) is 11.7 Å². The summed E-state index contributed by atoms with van der Waals surface area (Å²) in [5.74, 6) is -1.01. The molecule has 12 nitrogen and oxygen atoms in total. The maximum atomic E-state index is 12.7. The normalized spacial score (nSPS) is 16.0. The van der Waals surface area contributed by atoms with Crippen molar-refractivity contribution in [1.82, 2.24) is 25.0 Å². The number of carbonyl (C=O) groups excluding carboxylic acids is 2. The fraction of sp³-hybridized carbons (Fsp3) is 0.188. The van der Waals surface area contributed by atoms with Gasteiger partial charge in [0.05, 0.1) is 23.6 Å². The number of aromatic nitrogens is 5. The van der Waals surface area contributed by atoms with Gasteiger partial charge >= 0.3 is 5.97 Å². The Hall–Kier alpha value is -4.09. The Morgan fingerprint density at radius 1 is 1.36 bits per heavy atom. The van der Waals surface area contributed by atoms with E-state index in [4.69, 9.17) is 9.15 Å². The molecule has 1 unspecified atom stereocenters. The van der Waals surface area contributed by atoms with Crippen LogP contribution in [0, 0.1) is 0 Å². The van der Waals surface area contributed by atoms with Crippen LogP contribution in [0.15, 0.2) is 37.8 Å². The predicted molar refractivity (Wildman–Crippen MR) is 93.3 cm³/mol. The number of ether oxygens (including phenoxy) is 1. The molecule has 140 valence electrons. The topological polar surface area (TPSA) is 161 Å². The van der Waals surface area contributed by atoms with Gasteiger partial charge in [-0.3, -0.25) is 14.7 Å². The Labute approximate surface area is 154 Å². The number of pyridine rings is 1. The number of carbonyl (C=O) groups is 2. The second kappa shape index (κ2) is 5.70. The van der Waals surface area contributed by atoms with Crippen LogP contribution in [0.25, 0.3) is 33.4 Å². The van der Waals surface area contributed by atoms with Gasteiger partial charge in [-0.15, -0.1) is 5.11 Å². The third-order valence-electron chi connectivity index (χ3n) is 4.32. The lowest BCUT2D eigenvalue weighted by atomic mass is 10.1. The van der Waals surface area contributed by atoms with Gasteiger partial charge in [0.1, 0.15) is 5.76 Å². The first kappa shape index (κ1) is 16.1. The minimum Gasteiger partial charge on any atom is -0.464 e. The first-order valence-electron chi connectivity index (χ1n) is 8.28. The van der Waals surface area contributed by atoms with Gasteiger partial charge in [-0.25, -0.2) is 14.9 Å².